The van der Waals surface area contributed by atoms with Crippen LogP contribution in [0.2, 0.25) is 0 Å². The van der Waals surface area contributed by atoms with Gasteiger partial charge in [-0.05, 0) is 59.7 Å². The second-order valence-corrected chi connectivity index (χ2v) is 13.8. The van der Waals surface area contributed by atoms with Crippen molar-refractivity contribution in [1.29, 1.82) is 0 Å². The molecule has 0 saturated heterocycles. The van der Waals surface area contributed by atoms with Crippen LogP contribution in [0.15, 0.2) is 188 Å². The van der Waals surface area contributed by atoms with Gasteiger partial charge in [-0.15, -0.1) is 0 Å². The van der Waals surface area contributed by atoms with Crippen LogP contribution in [0.1, 0.15) is 0 Å². The summed E-state index contributed by atoms with van der Waals surface area (Å²) in [5, 5.41) is 4.78. The average Bonchev–Trinajstić information content (AvgIpc) is 3.79. The van der Waals surface area contributed by atoms with E-state index >= 15 is 0 Å². The van der Waals surface area contributed by atoms with Gasteiger partial charge in [0.2, 0.25) is 5.82 Å². The van der Waals surface area contributed by atoms with E-state index in [0.717, 1.165) is 49.9 Å². The third kappa shape index (κ3) is 5.25. The van der Waals surface area contributed by atoms with Crippen LogP contribution in [0.3, 0.4) is 0 Å². The van der Waals surface area contributed by atoms with Gasteiger partial charge in [0.25, 0.3) is 0 Å². The summed E-state index contributed by atoms with van der Waals surface area (Å²) in [5.74, 6) is 1.99. The molecular formula is C49H31N7. The number of hydrogen-bond acceptors (Lipinski definition) is 5. The summed E-state index contributed by atoms with van der Waals surface area (Å²) in [6.45, 7) is 0. The van der Waals surface area contributed by atoms with Crippen molar-refractivity contribution in [2.75, 3.05) is 0 Å². The van der Waals surface area contributed by atoms with Gasteiger partial charge < -0.3 is 9.13 Å². The van der Waals surface area contributed by atoms with E-state index in [1.807, 2.05) is 73.1 Å². The molecule has 0 aliphatic carbocycles. The zero-order valence-corrected chi connectivity index (χ0v) is 30.0. The molecule has 0 spiro atoms. The van der Waals surface area contributed by atoms with Gasteiger partial charge in [-0.1, -0.05) is 127 Å². The van der Waals surface area contributed by atoms with E-state index in [9.17, 15) is 0 Å². The first-order chi connectivity index (χ1) is 27.8. The first-order valence-corrected chi connectivity index (χ1v) is 18.6. The van der Waals surface area contributed by atoms with E-state index in [4.69, 9.17) is 24.9 Å². The fraction of sp³-hybridized carbons (Fsp3) is 0. The van der Waals surface area contributed by atoms with Gasteiger partial charge in [0, 0.05) is 38.4 Å². The predicted octanol–water partition coefficient (Wildman–Crippen LogP) is 11.5. The molecular weight excluding hydrogens is 687 g/mol. The Morgan fingerprint density at radius 3 is 1.21 bits per heavy atom. The maximum absolute atomic E-state index is 4.84. The normalized spacial score (nSPS) is 11.6. The molecule has 0 N–H and O–H groups in total. The fourth-order valence-corrected chi connectivity index (χ4v) is 7.90. The predicted molar refractivity (Wildman–Crippen MR) is 226 cm³/mol. The molecule has 7 heteroatoms. The Morgan fingerprint density at radius 2 is 0.696 bits per heavy atom. The topological polar surface area (TPSA) is 74.3 Å². The molecule has 0 aliphatic rings. The van der Waals surface area contributed by atoms with Crippen LogP contribution in [-0.4, -0.2) is 34.1 Å². The highest BCUT2D eigenvalue weighted by molar-refractivity contribution is 6.12. The quantitative estimate of drug-likeness (QED) is 0.171. The van der Waals surface area contributed by atoms with Crippen molar-refractivity contribution >= 4 is 43.6 Å². The van der Waals surface area contributed by atoms with Gasteiger partial charge in [-0.2, -0.15) is 0 Å². The molecule has 0 saturated carbocycles. The standard InChI is InChI=1S/C49H31N7/c1-4-14-32(15-5-1)46-52-47(33-16-6-2-7-17-33)54-49(53-46)48-50-30-37(31-51-48)56-43-23-13-11-21-39(43)41-29-35(25-27-45(41)56)34-24-26-44-40(28-34)38-20-10-12-22-42(38)55(44)36-18-8-3-9-19-36/h1-31H. The Kier molecular flexibility index (Phi) is 7.35. The van der Waals surface area contributed by atoms with Gasteiger partial charge >= 0.3 is 0 Å². The van der Waals surface area contributed by atoms with E-state index in [1.165, 1.54) is 27.4 Å². The Hall–Kier alpha value is -7.77. The van der Waals surface area contributed by atoms with Crippen LogP contribution in [0.4, 0.5) is 0 Å². The summed E-state index contributed by atoms with van der Waals surface area (Å²) in [6.07, 6.45) is 3.71. The third-order valence-corrected chi connectivity index (χ3v) is 10.5. The molecule has 4 heterocycles. The number of nitrogens with zero attached hydrogens (tertiary/aromatic N) is 7. The average molecular weight is 718 g/mol. The monoisotopic (exact) mass is 717 g/mol. The lowest BCUT2D eigenvalue weighted by Crippen LogP contribution is -2.03. The van der Waals surface area contributed by atoms with Crippen molar-refractivity contribution in [1.82, 2.24) is 34.1 Å². The zero-order valence-electron chi connectivity index (χ0n) is 30.0. The van der Waals surface area contributed by atoms with Crippen molar-refractivity contribution in [3.8, 4) is 56.9 Å². The van der Waals surface area contributed by atoms with E-state index in [-0.39, 0.29) is 0 Å². The highest BCUT2D eigenvalue weighted by atomic mass is 15.1. The van der Waals surface area contributed by atoms with Crippen LogP contribution < -0.4 is 0 Å². The molecule has 0 fully saturated rings. The number of rotatable bonds is 6. The van der Waals surface area contributed by atoms with Crippen LogP contribution in [-0.2, 0) is 0 Å². The lowest BCUT2D eigenvalue weighted by atomic mass is 10.0. The van der Waals surface area contributed by atoms with Crippen LogP contribution >= 0.6 is 0 Å². The van der Waals surface area contributed by atoms with Crippen LogP contribution in [0, 0.1) is 0 Å². The van der Waals surface area contributed by atoms with Gasteiger partial charge in [0.15, 0.2) is 17.5 Å². The number of hydrogen-bond donors (Lipinski definition) is 0. The molecule has 0 atom stereocenters. The summed E-state index contributed by atoms with van der Waals surface area (Å²) in [6, 6.07) is 61.1. The maximum Gasteiger partial charge on any atom is 0.201 e. The molecule has 262 valence electrons. The highest BCUT2D eigenvalue weighted by Crippen LogP contribution is 2.38. The molecule has 0 bridgehead atoms. The molecule has 7 aromatic carbocycles. The van der Waals surface area contributed by atoms with Crippen molar-refractivity contribution in [3.05, 3.63) is 188 Å². The second-order valence-electron chi connectivity index (χ2n) is 13.8. The fourth-order valence-electron chi connectivity index (χ4n) is 7.90. The Morgan fingerprint density at radius 1 is 0.286 bits per heavy atom. The number of para-hydroxylation sites is 3. The van der Waals surface area contributed by atoms with E-state index in [2.05, 4.69) is 124 Å². The van der Waals surface area contributed by atoms with Gasteiger partial charge in [0.1, 0.15) is 0 Å². The van der Waals surface area contributed by atoms with Gasteiger partial charge in [-0.25, -0.2) is 24.9 Å². The molecule has 11 rings (SSSR count). The number of aromatic nitrogens is 7. The van der Waals surface area contributed by atoms with E-state index in [0.29, 0.717) is 23.3 Å². The summed E-state index contributed by atoms with van der Waals surface area (Å²) >= 11 is 0. The Balaban J connectivity index is 1.01. The van der Waals surface area contributed by atoms with Crippen LogP contribution in [0.5, 0.6) is 0 Å². The summed E-state index contributed by atoms with van der Waals surface area (Å²) < 4.78 is 4.58. The first-order valence-electron chi connectivity index (χ1n) is 18.6. The SMILES string of the molecule is c1ccc(-c2nc(-c3ccccc3)nc(-c3ncc(-n4c5ccccc5c5cc(-c6ccc7c(c6)c6ccccc6n7-c6ccccc6)ccc54)cn3)n2)cc1. The molecule has 11 aromatic rings. The maximum atomic E-state index is 4.84. The minimum atomic E-state index is 0.417. The molecule has 7 nitrogen and oxygen atoms in total. The third-order valence-electron chi connectivity index (χ3n) is 10.5. The van der Waals surface area contributed by atoms with Crippen molar-refractivity contribution < 1.29 is 0 Å². The largest absolute Gasteiger partial charge is 0.309 e. The minimum absolute atomic E-state index is 0.417. The summed E-state index contributed by atoms with van der Waals surface area (Å²) in [5.41, 5.74) is 10.7. The van der Waals surface area contributed by atoms with E-state index in [1.54, 1.807) is 0 Å². The molecule has 0 radical (unpaired) electrons. The Labute approximate surface area is 321 Å². The lowest BCUT2D eigenvalue weighted by Gasteiger charge is -2.10. The molecule has 0 aliphatic heterocycles. The molecule has 0 unspecified atom stereocenters. The second kappa shape index (κ2) is 13.0. The number of benzene rings is 7. The van der Waals surface area contributed by atoms with E-state index < -0.39 is 0 Å². The zero-order chi connectivity index (χ0) is 37.0. The smallest absolute Gasteiger partial charge is 0.201 e. The summed E-state index contributed by atoms with van der Waals surface area (Å²) in [4.78, 5) is 24.2. The molecule has 0 amide bonds. The first kappa shape index (κ1) is 31.7. The molecule has 4 aromatic heterocycles. The van der Waals surface area contributed by atoms with Crippen LogP contribution in [0.25, 0.3) is 101 Å². The van der Waals surface area contributed by atoms with Crippen molar-refractivity contribution in [2.45, 2.75) is 0 Å². The van der Waals surface area contributed by atoms with Gasteiger partial charge in [0.05, 0.1) is 40.1 Å². The Bertz CT molecular complexity index is 3170. The minimum Gasteiger partial charge on any atom is -0.309 e. The lowest BCUT2D eigenvalue weighted by molar-refractivity contribution is 1.01. The number of fused-ring (bicyclic) bond motifs is 6. The van der Waals surface area contributed by atoms with Crippen molar-refractivity contribution in [3.63, 3.8) is 0 Å². The van der Waals surface area contributed by atoms with Gasteiger partial charge in [-0.3, -0.25) is 0 Å². The highest BCUT2D eigenvalue weighted by Gasteiger charge is 2.18. The molecule has 56 heavy (non-hydrogen) atoms. The van der Waals surface area contributed by atoms with Crippen molar-refractivity contribution in [2.24, 2.45) is 0 Å². The summed E-state index contributed by atoms with van der Waals surface area (Å²) in [7, 11) is 0.